The maximum absolute atomic E-state index is 11.8. The van der Waals surface area contributed by atoms with E-state index in [0.29, 0.717) is 12.3 Å². The van der Waals surface area contributed by atoms with E-state index in [0.717, 1.165) is 0 Å². The van der Waals surface area contributed by atoms with Crippen molar-refractivity contribution in [2.24, 2.45) is 0 Å². The molecule has 1 rings (SSSR count). The molecule has 0 saturated heterocycles. The number of hydrogen-bond donors (Lipinski definition) is 2. The Bertz CT molecular complexity index is 513. The number of nitrogens with one attached hydrogen (secondary N) is 2. The van der Waals surface area contributed by atoms with Crippen LogP contribution in [0.2, 0.25) is 0 Å². The molecule has 3 amide bonds. The van der Waals surface area contributed by atoms with E-state index in [9.17, 15) is 14.4 Å². The zero-order valence-corrected chi connectivity index (χ0v) is 12.1. The number of methoxy groups -OCH3 is 1. The summed E-state index contributed by atoms with van der Waals surface area (Å²) >= 11 is 0. The Morgan fingerprint density at radius 3 is 2.33 bits per heavy atom. The van der Waals surface area contributed by atoms with Gasteiger partial charge < -0.3 is 14.8 Å². The number of carbonyl (C=O) groups is 3. The number of rotatable bonds is 5. The van der Waals surface area contributed by atoms with Gasteiger partial charge in [0.1, 0.15) is 5.75 Å². The summed E-state index contributed by atoms with van der Waals surface area (Å²) in [6.07, 6.45) is -1.08. The lowest BCUT2D eigenvalue weighted by Crippen LogP contribution is -2.44. The Morgan fingerprint density at radius 2 is 1.81 bits per heavy atom. The van der Waals surface area contributed by atoms with Crippen LogP contribution in [-0.4, -0.2) is 37.7 Å². The van der Waals surface area contributed by atoms with Crippen LogP contribution in [-0.2, 0) is 9.53 Å². The minimum absolute atomic E-state index is 0.286. The highest BCUT2D eigenvalue weighted by molar-refractivity contribution is 5.98. The van der Waals surface area contributed by atoms with Crippen molar-refractivity contribution >= 4 is 17.9 Å². The van der Waals surface area contributed by atoms with Crippen LogP contribution in [0.15, 0.2) is 24.3 Å². The van der Waals surface area contributed by atoms with E-state index < -0.39 is 24.0 Å². The molecule has 0 aliphatic heterocycles. The van der Waals surface area contributed by atoms with Crippen molar-refractivity contribution in [1.29, 1.82) is 0 Å². The second-order valence-corrected chi connectivity index (χ2v) is 4.12. The molecule has 114 valence electrons. The van der Waals surface area contributed by atoms with E-state index in [-0.39, 0.29) is 5.56 Å². The van der Waals surface area contributed by atoms with Crippen LogP contribution in [0.3, 0.4) is 0 Å². The first-order valence-corrected chi connectivity index (χ1v) is 6.41. The number of hydrogen-bond acceptors (Lipinski definition) is 5. The van der Waals surface area contributed by atoms with Crippen LogP contribution < -0.4 is 15.4 Å². The van der Waals surface area contributed by atoms with Crippen LogP contribution in [0, 0.1) is 0 Å². The molecule has 0 aromatic heterocycles. The Labute approximate surface area is 122 Å². The van der Waals surface area contributed by atoms with Crippen LogP contribution in [0.4, 0.5) is 4.79 Å². The molecule has 7 nitrogen and oxygen atoms in total. The molecule has 0 fully saturated rings. The molecule has 0 heterocycles. The molecule has 0 spiro atoms. The third kappa shape index (κ3) is 5.13. The number of ether oxygens (including phenoxy) is 2. The number of urea groups is 1. The molecule has 0 unspecified atom stereocenters. The fourth-order valence-electron chi connectivity index (χ4n) is 1.43. The van der Waals surface area contributed by atoms with Gasteiger partial charge in [-0.05, 0) is 38.1 Å². The van der Waals surface area contributed by atoms with Crippen LogP contribution in [0.5, 0.6) is 5.75 Å². The summed E-state index contributed by atoms with van der Waals surface area (Å²) in [6.45, 7) is 3.49. The fourth-order valence-corrected chi connectivity index (χ4v) is 1.43. The number of benzene rings is 1. The SMILES string of the molecule is CCNC(=O)NC(=O)[C@H](C)OC(=O)c1ccc(OC)cc1. The maximum Gasteiger partial charge on any atom is 0.338 e. The standard InChI is InChI=1S/C14H18N2O5/c1-4-15-14(19)16-12(17)9(2)21-13(18)10-5-7-11(20-3)8-6-10/h5-9H,4H2,1-3H3,(H2,15,16,17,19)/t9-/m0/s1. The lowest BCUT2D eigenvalue weighted by Gasteiger charge is -2.13. The molecule has 0 radical (unpaired) electrons. The van der Waals surface area contributed by atoms with Crippen molar-refractivity contribution in [3.63, 3.8) is 0 Å². The topological polar surface area (TPSA) is 93.7 Å². The van der Waals surface area contributed by atoms with Gasteiger partial charge >= 0.3 is 12.0 Å². The molecule has 0 bridgehead atoms. The average molecular weight is 294 g/mol. The van der Waals surface area contributed by atoms with Gasteiger partial charge in [0.2, 0.25) is 0 Å². The summed E-state index contributed by atoms with van der Waals surface area (Å²) in [4.78, 5) is 34.6. The molecule has 1 aromatic carbocycles. The highest BCUT2D eigenvalue weighted by Crippen LogP contribution is 2.12. The first-order chi connectivity index (χ1) is 9.97. The molecule has 0 saturated carbocycles. The molecular weight excluding hydrogens is 276 g/mol. The summed E-state index contributed by atoms with van der Waals surface area (Å²) in [5.74, 6) is -0.743. The van der Waals surface area contributed by atoms with E-state index in [1.165, 1.54) is 26.2 Å². The summed E-state index contributed by atoms with van der Waals surface area (Å²) < 4.78 is 9.95. The summed E-state index contributed by atoms with van der Waals surface area (Å²) in [6, 6.07) is 5.63. The quantitative estimate of drug-likeness (QED) is 0.793. The van der Waals surface area contributed by atoms with Gasteiger partial charge in [-0.2, -0.15) is 0 Å². The zero-order valence-electron chi connectivity index (χ0n) is 12.1. The zero-order chi connectivity index (χ0) is 15.8. The summed E-state index contributed by atoms with van der Waals surface area (Å²) in [5, 5.41) is 4.47. The fraction of sp³-hybridized carbons (Fsp3) is 0.357. The van der Waals surface area contributed by atoms with Crippen molar-refractivity contribution in [2.75, 3.05) is 13.7 Å². The lowest BCUT2D eigenvalue weighted by atomic mass is 10.2. The molecule has 1 aromatic rings. The van der Waals surface area contributed by atoms with Crippen molar-refractivity contribution in [2.45, 2.75) is 20.0 Å². The Hall–Kier alpha value is -2.57. The smallest absolute Gasteiger partial charge is 0.338 e. The van der Waals surface area contributed by atoms with E-state index in [1.54, 1.807) is 19.1 Å². The number of amides is 3. The van der Waals surface area contributed by atoms with Gasteiger partial charge in [0, 0.05) is 6.54 Å². The van der Waals surface area contributed by atoms with Crippen molar-refractivity contribution in [3.8, 4) is 5.75 Å². The Balaban J connectivity index is 2.56. The van der Waals surface area contributed by atoms with Crippen LogP contribution in [0.1, 0.15) is 24.2 Å². The third-order valence-corrected chi connectivity index (χ3v) is 2.55. The van der Waals surface area contributed by atoms with E-state index in [2.05, 4.69) is 10.6 Å². The number of esters is 1. The van der Waals surface area contributed by atoms with Crippen LogP contribution >= 0.6 is 0 Å². The minimum Gasteiger partial charge on any atom is -0.497 e. The normalized spacial score (nSPS) is 11.2. The third-order valence-electron chi connectivity index (χ3n) is 2.55. The molecular formula is C14H18N2O5. The lowest BCUT2D eigenvalue weighted by molar-refractivity contribution is -0.127. The van der Waals surface area contributed by atoms with Crippen LogP contribution in [0.25, 0.3) is 0 Å². The number of imide groups is 1. The largest absolute Gasteiger partial charge is 0.497 e. The highest BCUT2D eigenvalue weighted by Gasteiger charge is 2.20. The molecule has 1 atom stereocenters. The van der Waals surface area contributed by atoms with E-state index >= 15 is 0 Å². The van der Waals surface area contributed by atoms with Gasteiger partial charge in [-0.25, -0.2) is 9.59 Å². The molecule has 0 aliphatic carbocycles. The first-order valence-electron chi connectivity index (χ1n) is 6.41. The summed E-state index contributed by atoms with van der Waals surface area (Å²) in [5.41, 5.74) is 0.286. The average Bonchev–Trinajstić information content (AvgIpc) is 2.47. The second kappa shape index (κ2) is 7.88. The predicted octanol–water partition coefficient (Wildman–Crippen LogP) is 1.09. The van der Waals surface area contributed by atoms with Gasteiger partial charge in [-0.15, -0.1) is 0 Å². The Morgan fingerprint density at radius 1 is 1.19 bits per heavy atom. The monoisotopic (exact) mass is 294 g/mol. The maximum atomic E-state index is 11.8. The van der Waals surface area contributed by atoms with Gasteiger partial charge in [-0.3, -0.25) is 10.1 Å². The molecule has 2 N–H and O–H groups in total. The highest BCUT2D eigenvalue weighted by atomic mass is 16.5. The van der Waals surface area contributed by atoms with E-state index in [1.807, 2.05) is 0 Å². The van der Waals surface area contributed by atoms with Gasteiger partial charge in [0.05, 0.1) is 12.7 Å². The van der Waals surface area contributed by atoms with E-state index in [4.69, 9.17) is 9.47 Å². The molecule has 21 heavy (non-hydrogen) atoms. The van der Waals surface area contributed by atoms with Crippen molar-refractivity contribution in [3.05, 3.63) is 29.8 Å². The number of carbonyl (C=O) groups excluding carboxylic acids is 3. The first kappa shape index (κ1) is 16.5. The van der Waals surface area contributed by atoms with Gasteiger partial charge in [0.25, 0.3) is 5.91 Å². The van der Waals surface area contributed by atoms with Gasteiger partial charge in [-0.1, -0.05) is 0 Å². The molecule has 7 heteroatoms. The second-order valence-electron chi connectivity index (χ2n) is 4.12. The van der Waals surface area contributed by atoms with Gasteiger partial charge in [0.15, 0.2) is 6.10 Å². The predicted molar refractivity (Wildman–Crippen MR) is 75.1 cm³/mol. The molecule has 0 aliphatic rings. The van der Waals surface area contributed by atoms with Crippen molar-refractivity contribution < 1.29 is 23.9 Å². The Kier molecular flexibility index (Phi) is 6.19. The minimum atomic E-state index is -1.08. The summed E-state index contributed by atoms with van der Waals surface area (Å²) in [7, 11) is 1.51. The van der Waals surface area contributed by atoms with Crippen molar-refractivity contribution in [1.82, 2.24) is 10.6 Å².